The minimum absolute atomic E-state index is 0.00625. The minimum Gasteiger partial charge on any atom is -0.359 e. The van der Waals surface area contributed by atoms with Gasteiger partial charge in [-0.05, 0) is 45.4 Å². The summed E-state index contributed by atoms with van der Waals surface area (Å²) in [5.41, 5.74) is 2.86. The van der Waals surface area contributed by atoms with Crippen LogP contribution in [0.25, 0.3) is 0 Å². The zero-order valence-corrected chi connectivity index (χ0v) is 15.6. The van der Waals surface area contributed by atoms with E-state index in [1.807, 2.05) is 6.92 Å². The molecule has 1 aliphatic carbocycles. The van der Waals surface area contributed by atoms with Crippen LogP contribution in [0.4, 0.5) is 0 Å². The molecule has 0 radical (unpaired) electrons. The second-order valence-corrected chi connectivity index (χ2v) is 7.79. The highest BCUT2D eigenvalue weighted by Crippen LogP contribution is 2.34. The molecule has 3 nitrogen and oxygen atoms in total. The van der Waals surface area contributed by atoms with E-state index in [0.717, 1.165) is 30.7 Å². The van der Waals surface area contributed by atoms with Gasteiger partial charge in [0.1, 0.15) is 0 Å². The molecule has 130 valence electrons. The second-order valence-electron chi connectivity index (χ2n) is 7.79. The van der Waals surface area contributed by atoms with Crippen molar-refractivity contribution in [1.82, 2.24) is 10.2 Å². The average Bonchev–Trinajstić information content (AvgIpc) is 2.50. The molecule has 3 heteroatoms. The van der Waals surface area contributed by atoms with Crippen LogP contribution in [0.15, 0.2) is 23.3 Å². The molecule has 2 atom stereocenters. The van der Waals surface area contributed by atoms with Gasteiger partial charge >= 0.3 is 0 Å². The zero-order valence-electron chi connectivity index (χ0n) is 15.6. The lowest BCUT2D eigenvalue weighted by Crippen LogP contribution is -2.51. The molecule has 0 aromatic rings. The fourth-order valence-electron chi connectivity index (χ4n) is 3.62. The van der Waals surface area contributed by atoms with Crippen molar-refractivity contribution in [3.8, 4) is 0 Å². The van der Waals surface area contributed by atoms with E-state index >= 15 is 0 Å². The van der Waals surface area contributed by atoms with Gasteiger partial charge in [-0.25, -0.2) is 0 Å². The van der Waals surface area contributed by atoms with Gasteiger partial charge in [0.25, 0.3) is 0 Å². The molecule has 0 aromatic carbocycles. The first-order valence-corrected chi connectivity index (χ1v) is 9.27. The van der Waals surface area contributed by atoms with Gasteiger partial charge in [0.15, 0.2) is 0 Å². The van der Waals surface area contributed by atoms with E-state index in [0.29, 0.717) is 0 Å². The van der Waals surface area contributed by atoms with Gasteiger partial charge in [-0.1, -0.05) is 37.1 Å². The summed E-state index contributed by atoms with van der Waals surface area (Å²) in [5, 5.41) is 2.75. The van der Waals surface area contributed by atoms with Crippen LogP contribution < -0.4 is 5.32 Å². The molecule has 2 aliphatic rings. The summed E-state index contributed by atoms with van der Waals surface area (Å²) >= 11 is 0. The van der Waals surface area contributed by atoms with Crippen molar-refractivity contribution in [2.24, 2.45) is 17.8 Å². The predicted octanol–water partition coefficient (Wildman–Crippen LogP) is 3.77. The maximum absolute atomic E-state index is 11.7. The molecular weight excluding hydrogens is 284 g/mol. The largest absolute Gasteiger partial charge is 0.359 e. The van der Waals surface area contributed by atoms with Gasteiger partial charge in [0.2, 0.25) is 5.91 Å². The Morgan fingerprint density at radius 2 is 1.87 bits per heavy atom. The maximum atomic E-state index is 11.7. The van der Waals surface area contributed by atoms with Gasteiger partial charge in [-0.15, -0.1) is 0 Å². The average molecular weight is 319 g/mol. The Hall–Kier alpha value is -1.09. The lowest BCUT2D eigenvalue weighted by Gasteiger charge is -2.45. The Morgan fingerprint density at radius 3 is 2.39 bits per heavy atom. The Balaban J connectivity index is 1.81. The first kappa shape index (κ1) is 18.3. The summed E-state index contributed by atoms with van der Waals surface area (Å²) in [5.74, 6) is 1.68. The van der Waals surface area contributed by atoms with E-state index in [4.69, 9.17) is 0 Å². The number of carbonyl (C=O) groups is 1. The topological polar surface area (TPSA) is 32.3 Å². The first-order chi connectivity index (χ1) is 10.9. The molecule has 2 rings (SSSR count). The molecule has 1 fully saturated rings. The minimum atomic E-state index is 0.00625. The van der Waals surface area contributed by atoms with E-state index < -0.39 is 0 Å². The van der Waals surface area contributed by atoms with E-state index in [9.17, 15) is 4.79 Å². The first-order valence-electron chi connectivity index (χ1n) is 9.27. The van der Waals surface area contributed by atoms with Crippen molar-refractivity contribution in [2.75, 3.05) is 20.1 Å². The lowest BCUT2D eigenvalue weighted by atomic mass is 9.81. The third-order valence-corrected chi connectivity index (χ3v) is 5.63. The zero-order chi connectivity index (χ0) is 17.0. The monoisotopic (exact) mass is 318 g/mol. The molecule has 2 unspecified atom stereocenters. The van der Waals surface area contributed by atoms with Crippen molar-refractivity contribution in [3.05, 3.63) is 23.3 Å². The van der Waals surface area contributed by atoms with E-state index in [1.165, 1.54) is 31.5 Å². The number of hydrogen-bond acceptors (Lipinski definition) is 2. The Labute approximate surface area is 142 Å². The van der Waals surface area contributed by atoms with Crippen molar-refractivity contribution in [2.45, 2.75) is 59.4 Å². The number of nitrogens with one attached hydrogen (secondary N) is 1. The SMILES string of the molecule is CNC(=O)C(C)C1=CC=C(C2CN(C(C)CCC(C)C)C2)CC1. The Kier molecular flexibility index (Phi) is 6.46. The second kappa shape index (κ2) is 8.14. The smallest absolute Gasteiger partial charge is 0.226 e. The molecule has 1 saturated heterocycles. The van der Waals surface area contributed by atoms with E-state index in [1.54, 1.807) is 12.6 Å². The number of allylic oxidation sites excluding steroid dienone is 2. The summed E-state index contributed by atoms with van der Waals surface area (Å²) in [6, 6.07) is 0.720. The summed E-state index contributed by atoms with van der Waals surface area (Å²) < 4.78 is 0. The van der Waals surface area contributed by atoms with Crippen molar-refractivity contribution in [1.29, 1.82) is 0 Å². The highest BCUT2D eigenvalue weighted by molar-refractivity contribution is 5.81. The third kappa shape index (κ3) is 4.69. The van der Waals surface area contributed by atoms with Crippen LogP contribution in [-0.2, 0) is 4.79 Å². The predicted molar refractivity (Wildman–Crippen MR) is 97.2 cm³/mol. The molecule has 1 amide bonds. The molecule has 0 bridgehead atoms. The molecule has 23 heavy (non-hydrogen) atoms. The Bertz CT molecular complexity index is 472. The number of likely N-dealkylation sites (tertiary alicyclic amines) is 1. The van der Waals surface area contributed by atoms with Crippen LogP contribution in [0.3, 0.4) is 0 Å². The molecule has 1 N–H and O–H groups in total. The van der Waals surface area contributed by atoms with Crippen molar-refractivity contribution in [3.63, 3.8) is 0 Å². The number of amides is 1. The van der Waals surface area contributed by atoms with E-state index in [-0.39, 0.29) is 11.8 Å². The van der Waals surface area contributed by atoms with Crippen LogP contribution in [0.1, 0.15) is 53.4 Å². The van der Waals surface area contributed by atoms with Gasteiger partial charge < -0.3 is 5.32 Å². The maximum Gasteiger partial charge on any atom is 0.226 e. The number of rotatable bonds is 7. The van der Waals surface area contributed by atoms with E-state index in [2.05, 4.69) is 43.1 Å². The number of nitrogens with zero attached hydrogens (tertiary/aromatic N) is 1. The Morgan fingerprint density at radius 1 is 1.17 bits per heavy atom. The molecule has 1 heterocycles. The molecule has 0 saturated carbocycles. The highest BCUT2D eigenvalue weighted by Gasteiger charge is 2.33. The van der Waals surface area contributed by atoms with Gasteiger partial charge in [0.05, 0.1) is 5.92 Å². The summed E-state index contributed by atoms with van der Waals surface area (Å²) in [6.07, 6.45) is 9.31. The summed E-state index contributed by atoms with van der Waals surface area (Å²) in [4.78, 5) is 14.4. The van der Waals surface area contributed by atoms with Crippen LogP contribution in [0.2, 0.25) is 0 Å². The summed E-state index contributed by atoms with van der Waals surface area (Å²) in [7, 11) is 1.72. The number of carbonyl (C=O) groups excluding carboxylic acids is 1. The van der Waals surface area contributed by atoms with Crippen molar-refractivity contribution >= 4 is 5.91 Å². The fourth-order valence-corrected chi connectivity index (χ4v) is 3.62. The lowest BCUT2D eigenvalue weighted by molar-refractivity contribution is -0.123. The van der Waals surface area contributed by atoms with Gasteiger partial charge in [0, 0.05) is 32.1 Å². The van der Waals surface area contributed by atoms with Crippen molar-refractivity contribution < 1.29 is 4.79 Å². The van der Waals surface area contributed by atoms with Crippen LogP contribution in [0, 0.1) is 17.8 Å². The fraction of sp³-hybridized carbons (Fsp3) is 0.750. The third-order valence-electron chi connectivity index (χ3n) is 5.63. The van der Waals surface area contributed by atoms with Crippen LogP contribution in [-0.4, -0.2) is 37.0 Å². The molecular formula is C20H34N2O. The number of hydrogen-bond donors (Lipinski definition) is 1. The summed E-state index contributed by atoms with van der Waals surface area (Å²) in [6.45, 7) is 11.4. The molecule has 0 aromatic heterocycles. The van der Waals surface area contributed by atoms with Crippen LogP contribution in [0.5, 0.6) is 0 Å². The standard InChI is InChI=1S/C20H34N2O/c1-14(2)6-7-15(3)22-12-19(13-22)18-10-8-17(9-11-18)16(4)20(23)21-5/h8,10,14-16,19H,6-7,9,11-13H2,1-5H3,(H,21,23). The molecule has 0 spiro atoms. The molecule has 1 aliphatic heterocycles. The highest BCUT2D eigenvalue weighted by atomic mass is 16.1. The normalized spacial score (nSPS) is 22.2. The van der Waals surface area contributed by atoms with Gasteiger partial charge in [-0.3, -0.25) is 9.69 Å². The van der Waals surface area contributed by atoms with Gasteiger partial charge in [-0.2, -0.15) is 0 Å². The quantitative estimate of drug-likeness (QED) is 0.775. The van der Waals surface area contributed by atoms with Crippen LogP contribution >= 0.6 is 0 Å².